The maximum atomic E-state index is 11.2. The average Bonchev–Trinajstić information content (AvgIpc) is 2.67. The zero-order valence-electron chi connectivity index (χ0n) is 11.4. The van der Waals surface area contributed by atoms with E-state index in [4.69, 9.17) is 4.74 Å². The first-order chi connectivity index (χ1) is 9.00. The number of nitrogens with zero attached hydrogens (tertiary/aromatic N) is 4. The predicted molar refractivity (Wildman–Crippen MR) is 70.0 cm³/mol. The third-order valence-corrected chi connectivity index (χ3v) is 3.00. The Hall–Kier alpha value is -1.67. The quantitative estimate of drug-likeness (QED) is 0.655. The summed E-state index contributed by atoms with van der Waals surface area (Å²) in [4.78, 5) is 10.8. The van der Waals surface area contributed by atoms with Crippen LogP contribution in [0.15, 0.2) is 0 Å². The fraction of sp³-hybridized carbons (Fsp3) is 0.727. The highest BCUT2D eigenvalue weighted by Gasteiger charge is 2.28. The average molecular weight is 269 g/mol. The van der Waals surface area contributed by atoms with Crippen molar-refractivity contribution in [3.05, 3.63) is 15.8 Å². The lowest BCUT2D eigenvalue weighted by molar-refractivity contribution is -0.384. The van der Waals surface area contributed by atoms with E-state index in [1.54, 1.807) is 11.6 Å². The van der Waals surface area contributed by atoms with Gasteiger partial charge in [0.15, 0.2) is 0 Å². The van der Waals surface area contributed by atoms with Gasteiger partial charge in [-0.2, -0.15) is 5.10 Å². The van der Waals surface area contributed by atoms with E-state index >= 15 is 0 Å². The number of nitro groups is 1. The number of nitrogens with one attached hydrogen (secondary N) is 1. The van der Waals surface area contributed by atoms with Gasteiger partial charge in [-0.1, -0.05) is 0 Å². The topological polar surface area (TPSA) is 85.5 Å². The molecule has 106 valence electrons. The highest BCUT2D eigenvalue weighted by molar-refractivity contribution is 5.59. The Labute approximate surface area is 111 Å². The van der Waals surface area contributed by atoms with Crippen LogP contribution in [0.5, 0.6) is 0 Å². The van der Waals surface area contributed by atoms with Gasteiger partial charge < -0.3 is 4.74 Å². The first kappa shape index (κ1) is 13.8. The number of ether oxygens (including phenoxy) is 1. The highest BCUT2D eigenvalue weighted by Crippen LogP contribution is 2.30. The molecule has 2 rings (SSSR count). The van der Waals surface area contributed by atoms with Crippen LogP contribution in [0.4, 0.5) is 11.5 Å². The number of hydrogen-bond acceptors (Lipinski definition) is 6. The Morgan fingerprint density at radius 3 is 2.58 bits per heavy atom. The molecular formula is C11H19N5O3. The van der Waals surface area contributed by atoms with E-state index in [0.717, 1.165) is 0 Å². The SMILES string of the molecule is Cc1nn(C(C)C)c(NN2CCOCC2)c1[N+](=O)[O-]. The van der Waals surface area contributed by atoms with E-state index in [0.29, 0.717) is 37.8 Å². The lowest BCUT2D eigenvalue weighted by atomic mass is 10.3. The second kappa shape index (κ2) is 5.54. The molecule has 0 amide bonds. The fourth-order valence-corrected chi connectivity index (χ4v) is 2.06. The summed E-state index contributed by atoms with van der Waals surface area (Å²) in [5.74, 6) is 0.444. The van der Waals surface area contributed by atoms with Crippen molar-refractivity contribution < 1.29 is 9.66 Å². The summed E-state index contributed by atoms with van der Waals surface area (Å²) in [5, 5.41) is 17.4. The van der Waals surface area contributed by atoms with Crippen LogP contribution < -0.4 is 5.43 Å². The number of anilines is 1. The lowest BCUT2D eigenvalue weighted by Crippen LogP contribution is -2.41. The molecule has 19 heavy (non-hydrogen) atoms. The van der Waals surface area contributed by atoms with E-state index < -0.39 is 0 Å². The molecular weight excluding hydrogens is 250 g/mol. The molecule has 0 unspecified atom stereocenters. The van der Waals surface area contributed by atoms with E-state index in [1.165, 1.54) is 0 Å². The molecule has 8 nitrogen and oxygen atoms in total. The van der Waals surface area contributed by atoms with Crippen molar-refractivity contribution in [1.82, 2.24) is 14.8 Å². The Morgan fingerprint density at radius 1 is 1.42 bits per heavy atom. The number of hydrogen-bond donors (Lipinski definition) is 1. The molecule has 0 spiro atoms. The van der Waals surface area contributed by atoms with Gasteiger partial charge in [0.1, 0.15) is 5.69 Å². The Kier molecular flexibility index (Phi) is 4.01. The molecule has 0 aromatic carbocycles. The van der Waals surface area contributed by atoms with Crippen molar-refractivity contribution in [1.29, 1.82) is 0 Å². The molecule has 1 aliphatic heterocycles. The van der Waals surface area contributed by atoms with Gasteiger partial charge in [0.2, 0.25) is 5.82 Å². The minimum absolute atomic E-state index is 0.0418. The summed E-state index contributed by atoms with van der Waals surface area (Å²) in [7, 11) is 0. The molecule has 2 heterocycles. The number of morpholine rings is 1. The summed E-state index contributed by atoms with van der Waals surface area (Å²) in [5.41, 5.74) is 3.58. The summed E-state index contributed by atoms with van der Waals surface area (Å²) in [6.07, 6.45) is 0. The Bertz CT molecular complexity index is 465. The third-order valence-electron chi connectivity index (χ3n) is 3.00. The normalized spacial score (nSPS) is 16.8. The molecule has 0 atom stereocenters. The van der Waals surface area contributed by atoms with E-state index in [2.05, 4.69) is 10.5 Å². The van der Waals surface area contributed by atoms with Gasteiger partial charge in [0.25, 0.3) is 0 Å². The van der Waals surface area contributed by atoms with Crippen LogP contribution in [0.2, 0.25) is 0 Å². The lowest BCUT2D eigenvalue weighted by Gasteiger charge is -2.28. The molecule has 1 fully saturated rings. The molecule has 8 heteroatoms. The van der Waals surface area contributed by atoms with Crippen LogP contribution >= 0.6 is 0 Å². The van der Waals surface area contributed by atoms with E-state index in [1.807, 2.05) is 18.9 Å². The minimum atomic E-state index is -0.385. The monoisotopic (exact) mass is 269 g/mol. The van der Waals surface area contributed by atoms with Gasteiger partial charge in [-0.05, 0) is 20.8 Å². The van der Waals surface area contributed by atoms with Crippen molar-refractivity contribution in [3.63, 3.8) is 0 Å². The van der Waals surface area contributed by atoms with Crippen LogP contribution in [0, 0.1) is 17.0 Å². The van der Waals surface area contributed by atoms with Crippen molar-refractivity contribution in [2.45, 2.75) is 26.8 Å². The van der Waals surface area contributed by atoms with Crippen LogP contribution in [0.3, 0.4) is 0 Å². The molecule has 1 aliphatic rings. The third kappa shape index (κ3) is 2.85. The molecule has 0 aliphatic carbocycles. The molecule has 1 aromatic rings. The summed E-state index contributed by atoms with van der Waals surface area (Å²) in [6.45, 7) is 8.17. The largest absolute Gasteiger partial charge is 0.379 e. The van der Waals surface area contributed by atoms with Crippen LogP contribution in [-0.4, -0.2) is 46.0 Å². The summed E-state index contributed by atoms with van der Waals surface area (Å²) >= 11 is 0. The maximum absolute atomic E-state index is 11.2. The van der Waals surface area contributed by atoms with Crippen LogP contribution in [0.1, 0.15) is 25.6 Å². The summed E-state index contributed by atoms with van der Waals surface area (Å²) in [6, 6.07) is 0.0518. The second-order valence-electron chi connectivity index (χ2n) is 4.79. The predicted octanol–water partition coefficient (Wildman–Crippen LogP) is 1.34. The zero-order valence-corrected chi connectivity index (χ0v) is 11.4. The first-order valence-electron chi connectivity index (χ1n) is 6.33. The van der Waals surface area contributed by atoms with Gasteiger partial charge in [0, 0.05) is 19.1 Å². The first-order valence-corrected chi connectivity index (χ1v) is 6.33. The molecule has 1 aromatic heterocycles. The van der Waals surface area contributed by atoms with Crippen molar-refractivity contribution in [2.75, 3.05) is 31.7 Å². The smallest absolute Gasteiger partial charge is 0.335 e. The number of hydrazine groups is 1. The molecule has 1 saturated heterocycles. The van der Waals surface area contributed by atoms with Gasteiger partial charge in [-0.25, -0.2) is 9.69 Å². The number of aromatic nitrogens is 2. The second-order valence-corrected chi connectivity index (χ2v) is 4.79. The van der Waals surface area contributed by atoms with Crippen molar-refractivity contribution >= 4 is 11.5 Å². The van der Waals surface area contributed by atoms with E-state index in [9.17, 15) is 10.1 Å². The molecule has 0 saturated carbocycles. The van der Waals surface area contributed by atoms with Gasteiger partial charge >= 0.3 is 5.69 Å². The van der Waals surface area contributed by atoms with Crippen molar-refractivity contribution in [3.8, 4) is 0 Å². The highest BCUT2D eigenvalue weighted by atomic mass is 16.6. The van der Waals surface area contributed by atoms with Gasteiger partial charge in [-0.3, -0.25) is 15.5 Å². The van der Waals surface area contributed by atoms with Gasteiger partial charge in [0.05, 0.1) is 18.1 Å². The standard InChI is InChI=1S/C11H19N5O3/c1-8(2)15-11(10(16(17)18)9(3)12-15)13-14-4-6-19-7-5-14/h8,13H,4-7H2,1-3H3. The minimum Gasteiger partial charge on any atom is -0.379 e. The molecule has 0 radical (unpaired) electrons. The summed E-state index contributed by atoms with van der Waals surface area (Å²) < 4.78 is 6.92. The van der Waals surface area contributed by atoms with Gasteiger partial charge in [-0.15, -0.1) is 0 Å². The Morgan fingerprint density at radius 2 is 2.05 bits per heavy atom. The van der Waals surface area contributed by atoms with Crippen molar-refractivity contribution in [2.24, 2.45) is 0 Å². The molecule has 0 bridgehead atoms. The number of aryl methyl sites for hydroxylation is 1. The molecule has 1 N–H and O–H groups in total. The zero-order chi connectivity index (χ0) is 14.0. The van der Waals surface area contributed by atoms with Crippen LogP contribution in [0.25, 0.3) is 0 Å². The van der Waals surface area contributed by atoms with Crippen LogP contribution in [-0.2, 0) is 4.74 Å². The van der Waals surface area contributed by atoms with E-state index in [-0.39, 0.29) is 16.7 Å². The maximum Gasteiger partial charge on any atom is 0.335 e. The fourth-order valence-electron chi connectivity index (χ4n) is 2.06. The Balaban J connectivity index is 2.32. The number of rotatable bonds is 4.